The zero-order valence-corrected chi connectivity index (χ0v) is 13.1. The number of methoxy groups -OCH3 is 1. The van der Waals surface area contributed by atoms with Crippen molar-refractivity contribution in [2.75, 3.05) is 7.11 Å². The van der Waals surface area contributed by atoms with Crippen LogP contribution in [0.1, 0.15) is 45.4 Å². The van der Waals surface area contributed by atoms with Crippen molar-refractivity contribution in [2.24, 2.45) is 18.3 Å². The lowest BCUT2D eigenvalue weighted by Gasteiger charge is -2.46. The Labute approximate surface area is 121 Å². The standard InChI is InChI=1S/C15H28N4O/c1-14(2)5-7-15(20-4,8-6-14)12(18-16)11-13-17-9-10-19(13)3/h9-10,12,18H,5-8,11,16H2,1-4H3. The van der Waals surface area contributed by atoms with Crippen LogP contribution < -0.4 is 11.3 Å². The molecule has 1 aromatic rings. The zero-order chi connectivity index (χ0) is 14.8. The van der Waals surface area contributed by atoms with E-state index >= 15 is 0 Å². The third-order valence-corrected chi connectivity index (χ3v) is 5.00. The van der Waals surface area contributed by atoms with Crippen LogP contribution in [0.15, 0.2) is 12.4 Å². The average Bonchev–Trinajstić information content (AvgIpc) is 2.83. The first-order valence-electron chi connectivity index (χ1n) is 7.40. The quantitative estimate of drug-likeness (QED) is 0.637. The van der Waals surface area contributed by atoms with Gasteiger partial charge in [-0.15, -0.1) is 0 Å². The molecular formula is C15H28N4O. The van der Waals surface area contributed by atoms with Crippen molar-refractivity contribution in [3.63, 3.8) is 0 Å². The van der Waals surface area contributed by atoms with Gasteiger partial charge in [-0.1, -0.05) is 13.8 Å². The van der Waals surface area contributed by atoms with Crippen LogP contribution in [0.5, 0.6) is 0 Å². The Bertz CT molecular complexity index is 431. The van der Waals surface area contributed by atoms with Crippen LogP contribution in [0.4, 0.5) is 0 Å². The number of aryl methyl sites for hydroxylation is 1. The minimum absolute atomic E-state index is 0.0877. The molecule has 1 aromatic heterocycles. The number of hydrogen-bond acceptors (Lipinski definition) is 4. The van der Waals surface area contributed by atoms with Crippen LogP contribution in [0.3, 0.4) is 0 Å². The molecule has 5 nitrogen and oxygen atoms in total. The second-order valence-corrected chi connectivity index (χ2v) is 6.81. The molecule has 0 saturated heterocycles. The van der Waals surface area contributed by atoms with Crippen LogP contribution in [-0.4, -0.2) is 28.3 Å². The number of rotatable bonds is 5. The summed E-state index contributed by atoms with van der Waals surface area (Å²) in [6.45, 7) is 4.66. The van der Waals surface area contributed by atoms with E-state index < -0.39 is 0 Å². The van der Waals surface area contributed by atoms with Crippen LogP contribution >= 0.6 is 0 Å². The number of nitrogens with zero attached hydrogens (tertiary/aromatic N) is 2. The van der Waals surface area contributed by atoms with Gasteiger partial charge in [-0.3, -0.25) is 11.3 Å². The van der Waals surface area contributed by atoms with Gasteiger partial charge in [-0.2, -0.15) is 0 Å². The number of nitrogens with one attached hydrogen (secondary N) is 1. The molecule has 20 heavy (non-hydrogen) atoms. The van der Waals surface area contributed by atoms with Crippen molar-refractivity contribution >= 4 is 0 Å². The monoisotopic (exact) mass is 280 g/mol. The molecule has 1 unspecified atom stereocenters. The third kappa shape index (κ3) is 3.05. The van der Waals surface area contributed by atoms with Crippen molar-refractivity contribution in [1.82, 2.24) is 15.0 Å². The average molecular weight is 280 g/mol. The van der Waals surface area contributed by atoms with E-state index in [0.29, 0.717) is 5.41 Å². The molecule has 0 radical (unpaired) electrons. The summed E-state index contributed by atoms with van der Waals surface area (Å²) in [5, 5.41) is 0. The van der Waals surface area contributed by atoms with Gasteiger partial charge in [0.15, 0.2) is 0 Å². The lowest BCUT2D eigenvalue weighted by atomic mass is 9.68. The highest BCUT2D eigenvalue weighted by Crippen LogP contribution is 2.43. The zero-order valence-electron chi connectivity index (χ0n) is 13.1. The molecule has 0 spiro atoms. The SMILES string of the molecule is COC1(C(Cc2nccn2C)NN)CCC(C)(C)CC1. The van der Waals surface area contributed by atoms with Gasteiger partial charge in [0.2, 0.25) is 0 Å². The van der Waals surface area contributed by atoms with Crippen LogP contribution in [-0.2, 0) is 18.2 Å². The number of imidazole rings is 1. The molecule has 1 heterocycles. The normalized spacial score (nSPS) is 22.6. The molecule has 0 aliphatic heterocycles. The molecule has 0 aromatic carbocycles. The first kappa shape index (κ1) is 15.5. The number of hydrazine groups is 1. The first-order valence-corrected chi connectivity index (χ1v) is 7.40. The first-order chi connectivity index (χ1) is 9.42. The molecule has 1 fully saturated rings. The van der Waals surface area contributed by atoms with Gasteiger partial charge in [-0.05, 0) is 31.1 Å². The van der Waals surface area contributed by atoms with Gasteiger partial charge in [0.1, 0.15) is 5.82 Å². The van der Waals surface area contributed by atoms with Crippen molar-refractivity contribution in [3.8, 4) is 0 Å². The summed E-state index contributed by atoms with van der Waals surface area (Å²) in [6.07, 6.45) is 8.98. The number of nitrogens with two attached hydrogens (primary N) is 1. The van der Waals surface area contributed by atoms with Gasteiger partial charge >= 0.3 is 0 Å². The summed E-state index contributed by atoms with van der Waals surface area (Å²) in [5.74, 6) is 6.87. The Morgan fingerprint density at radius 1 is 1.40 bits per heavy atom. The van der Waals surface area contributed by atoms with E-state index in [2.05, 4.69) is 24.3 Å². The highest BCUT2D eigenvalue weighted by molar-refractivity contribution is 5.04. The number of ether oxygens (including phenoxy) is 1. The second-order valence-electron chi connectivity index (χ2n) is 6.81. The Kier molecular flexibility index (Phi) is 4.52. The molecule has 2 rings (SSSR count). The molecule has 1 aliphatic carbocycles. The summed E-state index contributed by atoms with van der Waals surface area (Å²) < 4.78 is 7.98. The lowest BCUT2D eigenvalue weighted by Crippen LogP contribution is -2.58. The van der Waals surface area contributed by atoms with Crippen molar-refractivity contribution in [2.45, 2.75) is 57.6 Å². The summed E-state index contributed by atoms with van der Waals surface area (Å²) in [7, 11) is 3.82. The molecular weight excluding hydrogens is 252 g/mol. The maximum absolute atomic E-state index is 5.93. The Hall–Kier alpha value is -0.910. The predicted octanol–water partition coefficient (Wildman–Crippen LogP) is 1.78. The van der Waals surface area contributed by atoms with Crippen LogP contribution in [0.2, 0.25) is 0 Å². The fourth-order valence-electron chi connectivity index (χ4n) is 3.22. The number of aromatic nitrogens is 2. The largest absolute Gasteiger partial charge is 0.377 e. The Morgan fingerprint density at radius 3 is 2.50 bits per heavy atom. The fraction of sp³-hybridized carbons (Fsp3) is 0.800. The minimum Gasteiger partial charge on any atom is -0.377 e. The maximum Gasteiger partial charge on any atom is 0.110 e. The van der Waals surface area contributed by atoms with Crippen LogP contribution in [0, 0.1) is 5.41 Å². The summed E-state index contributed by atoms with van der Waals surface area (Å²) in [6, 6.07) is 0.0877. The molecule has 3 N–H and O–H groups in total. The minimum atomic E-state index is -0.184. The highest BCUT2D eigenvalue weighted by Gasteiger charge is 2.44. The lowest BCUT2D eigenvalue weighted by molar-refractivity contribution is -0.0866. The van der Waals surface area contributed by atoms with Gasteiger partial charge < -0.3 is 9.30 Å². The number of hydrogen-bond donors (Lipinski definition) is 2. The topological polar surface area (TPSA) is 65.1 Å². The summed E-state index contributed by atoms with van der Waals surface area (Å²) in [5.41, 5.74) is 3.20. The highest BCUT2D eigenvalue weighted by atomic mass is 16.5. The molecule has 1 aliphatic rings. The molecule has 1 atom stereocenters. The van der Waals surface area contributed by atoms with Crippen LogP contribution in [0.25, 0.3) is 0 Å². The van der Waals surface area contributed by atoms with Crippen molar-refractivity contribution in [3.05, 3.63) is 18.2 Å². The Balaban J connectivity index is 2.14. The van der Waals surface area contributed by atoms with E-state index in [4.69, 9.17) is 10.6 Å². The maximum atomic E-state index is 5.93. The third-order valence-electron chi connectivity index (χ3n) is 5.00. The van der Waals surface area contributed by atoms with E-state index in [1.54, 1.807) is 7.11 Å². The van der Waals surface area contributed by atoms with Gasteiger partial charge in [0.25, 0.3) is 0 Å². The van der Waals surface area contributed by atoms with E-state index in [-0.39, 0.29) is 11.6 Å². The predicted molar refractivity (Wildman–Crippen MR) is 80.0 cm³/mol. The van der Waals surface area contributed by atoms with Crippen molar-refractivity contribution < 1.29 is 4.74 Å². The molecule has 114 valence electrons. The van der Waals surface area contributed by atoms with E-state index in [0.717, 1.165) is 25.1 Å². The van der Waals surface area contributed by atoms with Gasteiger partial charge in [0, 0.05) is 33.0 Å². The van der Waals surface area contributed by atoms with Crippen molar-refractivity contribution in [1.29, 1.82) is 0 Å². The summed E-state index contributed by atoms with van der Waals surface area (Å²) >= 11 is 0. The fourth-order valence-corrected chi connectivity index (χ4v) is 3.22. The molecule has 5 heteroatoms. The molecule has 0 bridgehead atoms. The van der Waals surface area contributed by atoms with E-state index in [9.17, 15) is 0 Å². The van der Waals surface area contributed by atoms with E-state index in [1.165, 1.54) is 12.8 Å². The molecule has 1 saturated carbocycles. The molecule has 0 amide bonds. The van der Waals surface area contributed by atoms with Gasteiger partial charge in [0.05, 0.1) is 11.6 Å². The smallest absolute Gasteiger partial charge is 0.110 e. The summed E-state index contributed by atoms with van der Waals surface area (Å²) in [4.78, 5) is 4.40. The van der Waals surface area contributed by atoms with Gasteiger partial charge in [-0.25, -0.2) is 4.98 Å². The second kappa shape index (κ2) is 5.84. The Morgan fingerprint density at radius 2 is 2.05 bits per heavy atom. The van der Waals surface area contributed by atoms with E-state index in [1.807, 2.05) is 24.0 Å².